The van der Waals surface area contributed by atoms with Crippen LogP contribution in [0.2, 0.25) is 0 Å². The fraction of sp³-hybridized carbons (Fsp3) is 0.833. The summed E-state index contributed by atoms with van der Waals surface area (Å²) < 4.78 is 9.63. The van der Waals surface area contributed by atoms with Crippen LogP contribution in [0.5, 0.6) is 0 Å². The number of carbonyl (C=O) groups is 2. The molecule has 20 heavy (non-hydrogen) atoms. The lowest BCUT2D eigenvalue weighted by molar-refractivity contribution is -0.145. The third kappa shape index (κ3) is 9.46. The van der Waals surface area contributed by atoms with Gasteiger partial charge in [-0.1, -0.05) is 21.6 Å². The van der Waals surface area contributed by atoms with Gasteiger partial charge in [-0.2, -0.15) is 0 Å². The van der Waals surface area contributed by atoms with Crippen molar-refractivity contribution in [3.8, 4) is 0 Å². The van der Waals surface area contributed by atoms with Crippen molar-refractivity contribution in [3.63, 3.8) is 0 Å². The van der Waals surface area contributed by atoms with Crippen LogP contribution in [-0.4, -0.2) is 48.7 Å². The van der Waals surface area contributed by atoms with Crippen molar-refractivity contribution < 1.29 is 19.1 Å². The Hall–Kier alpha value is -0.440. The first kappa shape index (κ1) is 19.6. The number of nitrogens with two attached hydrogens (primary N) is 2. The standard InChI is InChI=1S/C12H24N2O4S2/c1-3-17-11(15)9(13)5-7-19-20-8-6-10(14)12(16)18-4-2/h9-10H,3-8,13-14H2,1-2H3/t9-,10+. The molecule has 0 aliphatic carbocycles. The molecular formula is C12H24N2O4S2. The molecule has 0 saturated carbocycles. The van der Waals surface area contributed by atoms with E-state index in [1.165, 1.54) is 0 Å². The second-order valence-electron chi connectivity index (χ2n) is 3.94. The van der Waals surface area contributed by atoms with Crippen molar-refractivity contribution in [1.82, 2.24) is 0 Å². The molecule has 0 spiro atoms. The van der Waals surface area contributed by atoms with Crippen LogP contribution in [0, 0.1) is 0 Å². The summed E-state index contributed by atoms with van der Waals surface area (Å²) in [4.78, 5) is 22.5. The molecule has 0 rings (SSSR count). The maximum Gasteiger partial charge on any atom is 0.322 e. The smallest absolute Gasteiger partial charge is 0.322 e. The molecule has 2 atom stereocenters. The summed E-state index contributed by atoms with van der Waals surface area (Å²) in [6, 6.07) is -1.13. The van der Waals surface area contributed by atoms with Gasteiger partial charge in [0.1, 0.15) is 12.1 Å². The largest absolute Gasteiger partial charge is 0.465 e. The number of hydrogen-bond acceptors (Lipinski definition) is 8. The Morgan fingerprint density at radius 2 is 1.25 bits per heavy atom. The molecule has 0 bridgehead atoms. The predicted molar refractivity (Wildman–Crippen MR) is 83.4 cm³/mol. The van der Waals surface area contributed by atoms with Gasteiger partial charge in [0.25, 0.3) is 0 Å². The van der Waals surface area contributed by atoms with Crippen LogP contribution in [0.25, 0.3) is 0 Å². The summed E-state index contributed by atoms with van der Waals surface area (Å²) >= 11 is 0. The molecule has 6 nitrogen and oxygen atoms in total. The Morgan fingerprint density at radius 3 is 1.55 bits per heavy atom. The number of esters is 2. The summed E-state index contributed by atoms with van der Waals surface area (Å²) in [6.45, 7) is 4.20. The highest BCUT2D eigenvalue weighted by Gasteiger charge is 2.15. The number of hydrogen-bond donors (Lipinski definition) is 2. The zero-order valence-electron chi connectivity index (χ0n) is 12.0. The topological polar surface area (TPSA) is 105 Å². The van der Waals surface area contributed by atoms with Crippen LogP contribution < -0.4 is 11.5 Å². The average molecular weight is 324 g/mol. The fourth-order valence-corrected chi connectivity index (χ4v) is 3.42. The van der Waals surface area contributed by atoms with E-state index in [1.807, 2.05) is 0 Å². The Labute approximate surface area is 128 Å². The quantitative estimate of drug-likeness (QED) is 0.328. The Morgan fingerprint density at radius 1 is 0.900 bits per heavy atom. The zero-order valence-corrected chi connectivity index (χ0v) is 13.6. The van der Waals surface area contributed by atoms with Gasteiger partial charge in [0.15, 0.2) is 0 Å². The summed E-state index contributed by atoms with van der Waals surface area (Å²) in [5.74, 6) is 0.781. The average Bonchev–Trinajstić information content (AvgIpc) is 2.42. The minimum atomic E-state index is -0.565. The van der Waals surface area contributed by atoms with Crippen LogP contribution in [-0.2, 0) is 19.1 Å². The SMILES string of the molecule is CCOC(=O)[C@H](N)CCSSCC[C@H](N)C(=O)OCC. The van der Waals surface area contributed by atoms with E-state index in [2.05, 4.69) is 0 Å². The molecule has 0 amide bonds. The van der Waals surface area contributed by atoms with E-state index in [0.717, 1.165) is 11.5 Å². The number of carbonyl (C=O) groups excluding carboxylic acids is 2. The van der Waals surface area contributed by atoms with E-state index < -0.39 is 12.1 Å². The van der Waals surface area contributed by atoms with E-state index in [0.29, 0.717) is 26.1 Å². The Bertz CT molecular complexity index is 265. The maximum absolute atomic E-state index is 11.3. The summed E-state index contributed by atoms with van der Waals surface area (Å²) in [6.07, 6.45) is 1.14. The van der Waals surface area contributed by atoms with E-state index >= 15 is 0 Å². The molecule has 0 aromatic carbocycles. The summed E-state index contributed by atoms with van der Waals surface area (Å²) in [5, 5.41) is 0. The molecule has 0 saturated heterocycles. The van der Waals surface area contributed by atoms with Gasteiger partial charge in [-0.05, 0) is 26.7 Å². The molecule has 0 aliphatic rings. The van der Waals surface area contributed by atoms with Crippen molar-refractivity contribution in [2.24, 2.45) is 11.5 Å². The van der Waals surface area contributed by atoms with Gasteiger partial charge in [0, 0.05) is 11.5 Å². The molecule has 8 heteroatoms. The van der Waals surface area contributed by atoms with Gasteiger partial charge in [-0.3, -0.25) is 9.59 Å². The molecule has 0 unspecified atom stereocenters. The van der Waals surface area contributed by atoms with Crippen molar-refractivity contribution >= 4 is 33.5 Å². The first-order valence-electron chi connectivity index (χ1n) is 6.61. The van der Waals surface area contributed by atoms with Gasteiger partial charge >= 0.3 is 11.9 Å². The fourth-order valence-electron chi connectivity index (χ4n) is 1.20. The molecule has 118 valence electrons. The van der Waals surface area contributed by atoms with Crippen molar-refractivity contribution in [1.29, 1.82) is 0 Å². The van der Waals surface area contributed by atoms with E-state index in [4.69, 9.17) is 20.9 Å². The van der Waals surface area contributed by atoms with Crippen LogP contribution in [0.3, 0.4) is 0 Å². The first-order valence-corrected chi connectivity index (χ1v) is 9.10. The minimum absolute atomic E-state index is 0.347. The lowest BCUT2D eigenvalue weighted by Crippen LogP contribution is -2.33. The predicted octanol–water partition coefficient (Wildman–Crippen LogP) is 0.929. The lowest BCUT2D eigenvalue weighted by Gasteiger charge is -2.11. The summed E-state index contributed by atoms with van der Waals surface area (Å²) in [7, 11) is 3.21. The van der Waals surface area contributed by atoms with Gasteiger partial charge in [0.05, 0.1) is 13.2 Å². The molecular weight excluding hydrogens is 300 g/mol. The minimum Gasteiger partial charge on any atom is -0.465 e. The first-order chi connectivity index (χ1) is 9.52. The molecule has 4 N–H and O–H groups in total. The third-order valence-electron chi connectivity index (χ3n) is 2.29. The highest BCUT2D eigenvalue weighted by Crippen LogP contribution is 2.23. The zero-order chi connectivity index (χ0) is 15.4. The highest BCUT2D eigenvalue weighted by molar-refractivity contribution is 8.76. The number of ether oxygens (including phenoxy) is 2. The van der Waals surface area contributed by atoms with Crippen LogP contribution in [0.4, 0.5) is 0 Å². The normalized spacial score (nSPS) is 13.6. The third-order valence-corrected chi connectivity index (χ3v) is 4.76. The van der Waals surface area contributed by atoms with E-state index in [-0.39, 0.29) is 11.9 Å². The van der Waals surface area contributed by atoms with E-state index in [1.54, 1.807) is 35.4 Å². The molecule has 0 aliphatic heterocycles. The van der Waals surface area contributed by atoms with Crippen molar-refractivity contribution in [2.75, 3.05) is 24.7 Å². The Balaban J connectivity index is 3.53. The van der Waals surface area contributed by atoms with Crippen LogP contribution in [0.1, 0.15) is 26.7 Å². The molecule has 0 fully saturated rings. The lowest BCUT2D eigenvalue weighted by atomic mass is 10.2. The van der Waals surface area contributed by atoms with Crippen LogP contribution in [0.15, 0.2) is 0 Å². The second-order valence-corrected chi connectivity index (χ2v) is 6.64. The number of rotatable bonds is 11. The molecule has 0 radical (unpaired) electrons. The van der Waals surface area contributed by atoms with Crippen molar-refractivity contribution in [2.45, 2.75) is 38.8 Å². The Kier molecular flexibility index (Phi) is 12.0. The molecule has 0 aromatic rings. The van der Waals surface area contributed by atoms with E-state index in [9.17, 15) is 9.59 Å². The van der Waals surface area contributed by atoms with Crippen LogP contribution >= 0.6 is 21.6 Å². The monoisotopic (exact) mass is 324 g/mol. The van der Waals surface area contributed by atoms with Crippen molar-refractivity contribution in [3.05, 3.63) is 0 Å². The summed E-state index contributed by atoms with van der Waals surface area (Å²) in [5.41, 5.74) is 11.3. The maximum atomic E-state index is 11.3. The molecule has 0 aromatic heterocycles. The van der Waals surface area contributed by atoms with Gasteiger partial charge in [-0.15, -0.1) is 0 Å². The van der Waals surface area contributed by atoms with Gasteiger partial charge in [-0.25, -0.2) is 0 Å². The highest BCUT2D eigenvalue weighted by atomic mass is 33.1. The van der Waals surface area contributed by atoms with Gasteiger partial charge in [0.2, 0.25) is 0 Å². The van der Waals surface area contributed by atoms with Gasteiger partial charge < -0.3 is 20.9 Å². The second kappa shape index (κ2) is 12.3. The molecule has 0 heterocycles.